The third kappa shape index (κ3) is 4.52. The van der Waals surface area contributed by atoms with Crippen molar-refractivity contribution < 1.29 is 23.0 Å². The molecule has 4 rings (SSSR count). The maximum atomic E-state index is 15.0. The number of pyridine rings is 1. The first-order chi connectivity index (χ1) is 15.2. The van der Waals surface area contributed by atoms with Crippen molar-refractivity contribution in [3.8, 4) is 16.9 Å². The zero-order valence-corrected chi connectivity index (χ0v) is 17.2. The molecular weight excluding hydrogens is 421 g/mol. The van der Waals surface area contributed by atoms with Crippen LogP contribution in [0.1, 0.15) is 25.0 Å². The minimum atomic E-state index is -2.06. The van der Waals surface area contributed by atoms with Gasteiger partial charge in [-0.3, -0.25) is 0 Å². The second kappa shape index (κ2) is 8.51. The highest BCUT2D eigenvalue weighted by Crippen LogP contribution is 2.33. The highest BCUT2D eigenvalue weighted by Gasteiger charge is 2.34. The third-order valence-corrected chi connectivity index (χ3v) is 5.22. The van der Waals surface area contributed by atoms with Gasteiger partial charge in [0, 0.05) is 12.6 Å². The van der Waals surface area contributed by atoms with Gasteiger partial charge in [0.2, 0.25) is 5.95 Å². The Morgan fingerprint density at radius 1 is 1.09 bits per heavy atom. The predicted octanol–water partition coefficient (Wildman–Crippen LogP) is 4.49. The molecule has 0 radical (unpaired) electrons. The maximum Gasteiger partial charge on any atom is 0.240 e. The molecule has 2 aromatic carbocycles. The lowest BCUT2D eigenvalue weighted by molar-refractivity contribution is -0.0116. The number of ether oxygens (including phenoxy) is 1. The first kappa shape index (κ1) is 21.6. The summed E-state index contributed by atoms with van der Waals surface area (Å²) < 4.78 is 49.4. The number of nitrogens with zero attached hydrogens (tertiary/aromatic N) is 3. The van der Waals surface area contributed by atoms with Gasteiger partial charge in [-0.05, 0) is 60.0 Å². The van der Waals surface area contributed by atoms with E-state index in [-0.39, 0.29) is 30.3 Å². The van der Waals surface area contributed by atoms with E-state index in [2.05, 4.69) is 10.1 Å². The number of fused-ring (bicyclic) bond motifs is 1. The molecular formula is C23H21F3N4O2. The Balaban J connectivity index is 1.46. The van der Waals surface area contributed by atoms with Crippen molar-refractivity contribution in [3.63, 3.8) is 0 Å². The van der Waals surface area contributed by atoms with Crippen molar-refractivity contribution >= 4 is 11.6 Å². The van der Waals surface area contributed by atoms with Crippen molar-refractivity contribution in [2.45, 2.75) is 25.1 Å². The van der Waals surface area contributed by atoms with Gasteiger partial charge in [0.05, 0.1) is 6.61 Å². The second-order valence-electron chi connectivity index (χ2n) is 7.66. The summed E-state index contributed by atoms with van der Waals surface area (Å²) in [6.07, 6.45) is -0.00562. The molecule has 0 aliphatic rings. The Kier molecular flexibility index (Phi) is 5.75. The molecule has 0 fully saturated rings. The van der Waals surface area contributed by atoms with Crippen LogP contribution in [0, 0.1) is 11.6 Å². The molecule has 3 N–H and O–H groups in total. The summed E-state index contributed by atoms with van der Waals surface area (Å²) in [4.78, 5) is 4.10. The number of halogens is 3. The van der Waals surface area contributed by atoms with E-state index in [1.807, 2.05) is 0 Å². The molecule has 2 aromatic heterocycles. The minimum Gasteiger partial charge on any atom is -0.490 e. The summed E-state index contributed by atoms with van der Waals surface area (Å²) in [7, 11) is 0. The van der Waals surface area contributed by atoms with Gasteiger partial charge in [0.25, 0.3) is 0 Å². The van der Waals surface area contributed by atoms with Crippen molar-refractivity contribution in [2.75, 3.05) is 12.3 Å². The van der Waals surface area contributed by atoms with Crippen molar-refractivity contribution in [2.24, 2.45) is 0 Å². The molecule has 0 aliphatic heterocycles. The maximum absolute atomic E-state index is 15.0. The number of benzene rings is 2. The average molecular weight is 442 g/mol. The van der Waals surface area contributed by atoms with E-state index in [0.29, 0.717) is 11.2 Å². The zero-order chi connectivity index (χ0) is 22.9. The summed E-state index contributed by atoms with van der Waals surface area (Å²) in [6.45, 7) is 1.04. The van der Waals surface area contributed by atoms with E-state index in [1.54, 1.807) is 24.4 Å². The van der Waals surface area contributed by atoms with E-state index in [9.17, 15) is 13.9 Å². The van der Waals surface area contributed by atoms with Gasteiger partial charge >= 0.3 is 0 Å². The number of aliphatic hydroxyl groups excluding tert-OH is 1. The fraction of sp³-hybridized carbons (Fsp3) is 0.217. The normalized spacial score (nSPS) is 14.3. The Hall–Kier alpha value is -3.59. The van der Waals surface area contributed by atoms with Gasteiger partial charge in [-0.2, -0.15) is 4.98 Å². The molecule has 0 bridgehead atoms. The number of aliphatic hydroxyl groups is 1. The molecule has 166 valence electrons. The molecule has 2 atom stereocenters. The van der Waals surface area contributed by atoms with E-state index in [0.717, 1.165) is 17.7 Å². The van der Waals surface area contributed by atoms with Gasteiger partial charge in [0.1, 0.15) is 17.6 Å². The largest absolute Gasteiger partial charge is 0.490 e. The molecule has 32 heavy (non-hydrogen) atoms. The lowest BCUT2D eigenvalue weighted by Crippen LogP contribution is -2.30. The zero-order valence-electron chi connectivity index (χ0n) is 17.2. The van der Waals surface area contributed by atoms with Crippen LogP contribution < -0.4 is 10.5 Å². The van der Waals surface area contributed by atoms with Gasteiger partial charge < -0.3 is 15.6 Å². The van der Waals surface area contributed by atoms with E-state index in [1.165, 1.54) is 35.7 Å². The fourth-order valence-corrected chi connectivity index (χ4v) is 3.36. The highest BCUT2D eigenvalue weighted by atomic mass is 19.1. The molecule has 6 nitrogen and oxygen atoms in total. The summed E-state index contributed by atoms with van der Waals surface area (Å²) in [6, 6.07) is 12.8. The van der Waals surface area contributed by atoms with Crippen LogP contribution in [0.3, 0.4) is 0 Å². The SMILES string of the molecule is CC(F)(CCOc1cc(-c2ccn3nc(N)nc3c2)ccc1F)C(O)c1ccc(F)cc1. The molecule has 0 spiro atoms. The Bertz CT molecular complexity index is 1240. The standard InChI is InChI=1S/C23H21F3N4O2/c1-23(26,21(31)14-2-5-17(24)6-3-14)9-11-32-19-12-15(4-7-18(19)25)16-8-10-30-20(13-16)28-22(27)29-30/h2-8,10,12-13,21,31H,9,11H2,1H3,(H2,27,29). The molecule has 0 aliphatic carbocycles. The number of nitrogens with two attached hydrogens (primary N) is 1. The summed E-state index contributed by atoms with van der Waals surface area (Å²) >= 11 is 0. The van der Waals surface area contributed by atoms with Crippen molar-refractivity contribution in [1.82, 2.24) is 14.6 Å². The number of hydrogen-bond acceptors (Lipinski definition) is 5. The molecule has 0 amide bonds. The first-order valence-corrected chi connectivity index (χ1v) is 9.90. The van der Waals surface area contributed by atoms with Crippen LogP contribution in [0.25, 0.3) is 16.8 Å². The fourth-order valence-electron chi connectivity index (χ4n) is 3.36. The number of nitrogen functional groups attached to an aromatic ring is 1. The third-order valence-electron chi connectivity index (χ3n) is 5.22. The minimum absolute atomic E-state index is 0.0459. The monoisotopic (exact) mass is 442 g/mol. The van der Waals surface area contributed by atoms with Crippen LogP contribution in [0.4, 0.5) is 19.1 Å². The van der Waals surface area contributed by atoms with Crippen molar-refractivity contribution in [1.29, 1.82) is 0 Å². The van der Waals surface area contributed by atoms with Gasteiger partial charge in [0.15, 0.2) is 17.2 Å². The van der Waals surface area contributed by atoms with Crippen LogP contribution in [-0.2, 0) is 0 Å². The lowest BCUT2D eigenvalue weighted by atomic mass is 9.92. The van der Waals surface area contributed by atoms with Crippen LogP contribution in [0.5, 0.6) is 5.75 Å². The Morgan fingerprint density at radius 3 is 2.56 bits per heavy atom. The smallest absolute Gasteiger partial charge is 0.240 e. The number of anilines is 1. The summed E-state index contributed by atoms with van der Waals surface area (Å²) in [5.41, 5.74) is 5.73. The van der Waals surface area contributed by atoms with E-state index < -0.39 is 23.4 Å². The van der Waals surface area contributed by atoms with Gasteiger partial charge in [-0.1, -0.05) is 18.2 Å². The molecule has 2 unspecified atom stereocenters. The number of hydrogen-bond donors (Lipinski definition) is 2. The predicted molar refractivity (Wildman–Crippen MR) is 114 cm³/mol. The highest BCUT2D eigenvalue weighted by molar-refractivity contribution is 5.68. The number of aromatic nitrogens is 3. The van der Waals surface area contributed by atoms with Crippen molar-refractivity contribution in [3.05, 3.63) is 78.0 Å². The summed E-state index contributed by atoms with van der Waals surface area (Å²) in [5, 5.41) is 14.3. The molecule has 0 saturated carbocycles. The van der Waals surface area contributed by atoms with Crippen LogP contribution in [0.2, 0.25) is 0 Å². The molecule has 9 heteroatoms. The van der Waals surface area contributed by atoms with Crippen LogP contribution in [0.15, 0.2) is 60.8 Å². The quantitative estimate of drug-likeness (QED) is 0.441. The second-order valence-corrected chi connectivity index (χ2v) is 7.66. The van der Waals surface area contributed by atoms with Gasteiger partial charge in [-0.25, -0.2) is 17.7 Å². The van der Waals surface area contributed by atoms with Gasteiger partial charge in [-0.15, -0.1) is 5.10 Å². The van der Waals surface area contributed by atoms with Crippen LogP contribution >= 0.6 is 0 Å². The topological polar surface area (TPSA) is 85.7 Å². The van der Waals surface area contributed by atoms with E-state index >= 15 is 4.39 Å². The average Bonchev–Trinajstić information content (AvgIpc) is 3.14. The molecule has 0 saturated heterocycles. The Morgan fingerprint density at radius 2 is 1.81 bits per heavy atom. The Labute approximate surface area is 182 Å². The van der Waals surface area contributed by atoms with E-state index in [4.69, 9.17) is 10.5 Å². The lowest BCUT2D eigenvalue weighted by Gasteiger charge is -2.27. The molecule has 2 heterocycles. The van der Waals surface area contributed by atoms with Crippen LogP contribution in [-0.4, -0.2) is 32.0 Å². The molecule has 4 aromatic rings. The summed E-state index contributed by atoms with van der Waals surface area (Å²) in [5.74, 6) is -0.981. The first-order valence-electron chi connectivity index (χ1n) is 9.90. The number of alkyl halides is 1. The number of rotatable bonds is 7.